The van der Waals surface area contributed by atoms with Crippen molar-refractivity contribution in [3.63, 3.8) is 0 Å². The first-order valence-corrected chi connectivity index (χ1v) is 3.19. The van der Waals surface area contributed by atoms with E-state index in [2.05, 4.69) is 5.32 Å². The standard InChI is InChI=1S/C4H10O.C3H8N.Zr/c1-4(2,3)5;1-3-4-2;/h5H,1-3H3;3H2,1-2H3;/q;-1;. The fourth-order valence-electron chi connectivity index (χ4n) is 0. The number of aliphatic hydroxyl groups is 1. The smallest absolute Gasteiger partial charge is 0.0563 e. The zero-order chi connectivity index (χ0) is 7.91. The van der Waals surface area contributed by atoms with E-state index in [0.717, 1.165) is 6.54 Å². The zero-order valence-electron chi connectivity index (χ0n) is 7.60. The van der Waals surface area contributed by atoms with E-state index >= 15 is 0 Å². The molecule has 0 saturated heterocycles. The van der Waals surface area contributed by atoms with Crippen molar-refractivity contribution in [3.05, 3.63) is 5.32 Å². The predicted molar refractivity (Wildman–Crippen MR) is 41.8 cm³/mol. The van der Waals surface area contributed by atoms with Crippen molar-refractivity contribution in [1.82, 2.24) is 0 Å². The Balaban J connectivity index is -0.0000000910. The molecule has 0 unspecified atom stereocenters. The molecule has 0 atom stereocenters. The Morgan fingerprint density at radius 3 is 1.40 bits per heavy atom. The molecular formula is C7H18NOZr-. The van der Waals surface area contributed by atoms with Crippen molar-refractivity contribution < 1.29 is 31.3 Å². The molecule has 0 radical (unpaired) electrons. The molecule has 0 bridgehead atoms. The zero-order valence-corrected chi connectivity index (χ0v) is 10.1. The van der Waals surface area contributed by atoms with E-state index in [9.17, 15) is 0 Å². The van der Waals surface area contributed by atoms with Crippen LogP contribution in [0.2, 0.25) is 0 Å². The molecule has 0 aromatic carbocycles. The largest absolute Gasteiger partial charge is 0.665 e. The van der Waals surface area contributed by atoms with Gasteiger partial charge in [-0.15, -0.1) is 0 Å². The average molecular weight is 223 g/mol. The quantitative estimate of drug-likeness (QED) is 0.722. The Hall–Kier alpha value is 0.803. The molecule has 0 saturated carbocycles. The van der Waals surface area contributed by atoms with Crippen LogP contribution < -0.4 is 0 Å². The molecule has 0 aromatic rings. The fraction of sp³-hybridized carbons (Fsp3) is 1.00. The van der Waals surface area contributed by atoms with Gasteiger partial charge < -0.3 is 10.4 Å². The molecule has 0 aliphatic rings. The Labute approximate surface area is 83.5 Å². The van der Waals surface area contributed by atoms with E-state index in [4.69, 9.17) is 5.11 Å². The minimum absolute atomic E-state index is 0. The van der Waals surface area contributed by atoms with Crippen molar-refractivity contribution in [1.29, 1.82) is 0 Å². The third-order valence-corrected chi connectivity index (χ3v) is 0.316. The number of hydrogen-bond donors (Lipinski definition) is 1. The monoisotopic (exact) mass is 222 g/mol. The maximum absolute atomic E-state index is 8.52. The van der Waals surface area contributed by atoms with Gasteiger partial charge in [0, 0.05) is 26.2 Å². The summed E-state index contributed by atoms with van der Waals surface area (Å²) in [6.07, 6.45) is 0. The third-order valence-electron chi connectivity index (χ3n) is 0.316. The van der Waals surface area contributed by atoms with E-state index in [1.165, 1.54) is 0 Å². The van der Waals surface area contributed by atoms with Gasteiger partial charge in [0.25, 0.3) is 0 Å². The molecule has 0 aliphatic carbocycles. The van der Waals surface area contributed by atoms with E-state index in [1.54, 1.807) is 27.8 Å². The first-order valence-electron chi connectivity index (χ1n) is 3.19. The van der Waals surface area contributed by atoms with Gasteiger partial charge in [0.2, 0.25) is 0 Å². The summed E-state index contributed by atoms with van der Waals surface area (Å²) in [4.78, 5) is 0. The second-order valence-electron chi connectivity index (χ2n) is 2.80. The Morgan fingerprint density at radius 2 is 1.40 bits per heavy atom. The molecular weight excluding hydrogens is 205 g/mol. The molecule has 0 heterocycles. The Kier molecular flexibility index (Phi) is 16.7. The number of nitrogens with zero attached hydrogens (tertiary/aromatic N) is 1. The minimum Gasteiger partial charge on any atom is -0.665 e. The Morgan fingerprint density at radius 1 is 1.30 bits per heavy atom. The minimum atomic E-state index is -0.500. The summed E-state index contributed by atoms with van der Waals surface area (Å²) < 4.78 is 0. The molecule has 0 aliphatic heterocycles. The molecule has 3 heteroatoms. The number of rotatable bonds is 1. The van der Waals surface area contributed by atoms with Gasteiger partial charge in [-0.25, -0.2) is 0 Å². The normalized spacial score (nSPS) is 9.00. The van der Waals surface area contributed by atoms with Gasteiger partial charge >= 0.3 is 0 Å². The van der Waals surface area contributed by atoms with Crippen LogP contribution >= 0.6 is 0 Å². The van der Waals surface area contributed by atoms with Crippen LogP contribution in [-0.2, 0) is 26.2 Å². The summed E-state index contributed by atoms with van der Waals surface area (Å²) in [5.41, 5.74) is -0.500. The third kappa shape index (κ3) is 165. The van der Waals surface area contributed by atoms with Crippen LogP contribution in [0.4, 0.5) is 0 Å². The van der Waals surface area contributed by atoms with Gasteiger partial charge in [-0.1, -0.05) is 6.92 Å². The van der Waals surface area contributed by atoms with Crippen LogP contribution in [0.3, 0.4) is 0 Å². The van der Waals surface area contributed by atoms with Crippen molar-refractivity contribution in [3.8, 4) is 0 Å². The summed E-state index contributed by atoms with van der Waals surface area (Å²) in [5, 5.41) is 12.3. The SMILES string of the molecule is CC(C)(C)O.CC[N-]C.[Zr]. The fourth-order valence-corrected chi connectivity index (χ4v) is 0. The molecule has 1 N–H and O–H groups in total. The summed E-state index contributed by atoms with van der Waals surface area (Å²) in [6.45, 7) is 8.19. The van der Waals surface area contributed by atoms with Gasteiger partial charge in [0.15, 0.2) is 0 Å². The van der Waals surface area contributed by atoms with Crippen LogP contribution in [0, 0.1) is 0 Å². The van der Waals surface area contributed by atoms with Crippen LogP contribution in [-0.4, -0.2) is 24.3 Å². The second-order valence-corrected chi connectivity index (χ2v) is 2.80. The first kappa shape index (κ1) is 17.1. The van der Waals surface area contributed by atoms with Gasteiger partial charge in [-0.3, -0.25) is 0 Å². The molecule has 62 valence electrons. The van der Waals surface area contributed by atoms with Crippen LogP contribution in [0.25, 0.3) is 5.32 Å². The summed E-state index contributed by atoms with van der Waals surface area (Å²) in [5.74, 6) is 0. The summed E-state index contributed by atoms with van der Waals surface area (Å²) >= 11 is 0. The molecule has 2 nitrogen and oxygen atoms in total. The van der Waals surface area contributed by atoms with Crippen molar-refractivity contribution in [2.24, 2.45) is 0 Å². The van der Waals surface area contributed by atoms with Crippen molar-refractivity contribution in [2.45, 2.75) is 33.3 Å². The maximum Gasteiger partial charge on any atom is 0.0563 e. The van der Waals surface area contributed by atoms with Crippen molar-refractivity contribution >= 4 is 0 Å². The van der Waals surface area contributed by atoms with Gasteiger partial charge in [-0.2, -0.15) is 13.6 Å². The first-order chi connectivity index (χ1) is 3.91. The molecule has 0 fully saturated rings. The van der Waals surface area contributed by atoms with Crippen LogP contribution in [0.5, 0.6) is 0 Å². The Bertz CT molecular complexity index is 44.1. The van der Waals surface area contributed by atoms with Gasteiger partial charge in [-0.05, 0) is 20.8 Å². The van der Waals surface area contributed by atoms with E-state index in [0.29, 0.717) is 0 Å². The van der Waals surface area contributed by atoms with Gasteiger partial charge in [0.05, 0.1) is 5.60 Å². The summed E-state index contributed by atoms with van der Waals surface area (Å²) in [7, 11) is 1.81. The van der Waals surface area contributed by atoms with Crippen LogP contribution in [0.1, 0.15) is 27.7 Å². The van der Waals surface area contributed by atoms with Crippen LogP contribution in [0.15, 0.2) is 0 Å². The van der Waals surface area contributed by atoms with Crippen molar-refractivity contribution in [2.75, 3.05) is 13.6 Å². The number of hydrogen-bond acceptors (Lipinski definition) is 1. The molecule has 0 rings (SSSR count). The summed E-state index contributed by atoms with van der Waals surface area (Å²) in [6, 6.07) is 0. The van der Waals surface area contributed by atoms with Gasteiger partial charge in [0.1, 0.15) is 0 Å². The maximum atomic E-state index is 8.52. The van der Waals surface area contributed by atoms with E-state index < -0.39 is 5.60 Å². The molecule has 0 spiro atoms. The van der Waals surface area contributed by atoms with E-state index in [-0.39, 0.29) is 26.2 Å². The second kappa shape index (κ2) is 9.80. The van der Waals surface area contributed by atoms with E-state index in [1.807, 2.05) is 6.92 Å². The molecule has 0 amide bonds. The topological polar surface area (TPSA) is 34.3 Å². The average Bonchev–Trinajstić information content (AvgIpc) is 1.61. The predicted octanol–water partition coefficient (Wildman–Crippen LogP) is 1.78. The molecule has 10 heavy (non-hydrogen) atoms. The molecule has 0 aromatic heterocycles.